The van der Waals surface area contributed by atoms with Crippen LogP contribution >= 0.6 is 11.6 Å². The molecule has 11 nitrogen and oxygen atoms in total. The summed E-state index contributed by atoms with van der Waals surface area (Å²) in [7, 11) is 1.83. The van der Waals surface area contributed by atoms with E-state index in [-0.39, 0.29) is 11.8 Å². The van der Waals surface area contributed by atoms with Gasteiger partial charge in [-0.3, -0.25) is 4.79 Å². The Hall–Kier alpha value is -3.99. The molecule has 1 amide bonds. The van der Waals surface area contributed by atoms with Crippen molar-refractivity contribution < 1.29 is 9.21 Å². The molecule has 6 rings (SSSR count). The zero-order valence-electron chi connectivity index (χ0n) is 16.8. The van der Waals surface area contributed by atoms with Crippen molar-refractivity contribution in [3.63, 3.8) is 0 Å². The number of carbonyl (C=O) groups is 1. The Kier molecular flexibility index (Phi) is 4.12. The zero-order chi connectivity index (χ0) is 21.8. The molecule has 5 aromatic heterocycles. The van der Waals surface area contributed by atoms with Gasteiger partial charge in [-0.15, -0.1) is 10.2 Å². The van der Waals surface area contributed by atoms with Crippen LogP contribution in [0.15, 0.2) is 47.5 Å². The predicted molar refractivity (Wildman–Crippen MR) is 112 cm³/mol. The van der Waals surface area contributed by atoms with E-state index < -0.39 is 11.9 Å². The number of aromatic nitrogens is 8. The summed E-state index contributed by atoms with van der Waals surface area (Å²) in [4.78, 5) is 26.9. The van der Waals surface area contributed by atoms with E-state index in [0.717, 1.165) is 16.9 Å². The maximum atomic E-state index is 13.5. The van der Waals surface area contributed by atoms with E-state index in [1.807, 2.05) is 25.2 Å². The summed E-state index contributed by atoms with van der Waals surface area (Å²) < 4.78 is 9.06. The highest BCUT2D eigenvalue weighted by molar-refractivity contribution is 6.29. The van der Waals surface area contributed by atoms with Crippen LogP contribution in [0.1, 0.15) is 33.8 Å². The van der Waals surface area contributed by atoms with Crippen LogP contribution in [0.25, 0.3) is 17.1 Å². The highest BCUT2D eigenvalue weighted by Crippen LogP contribution is 2.34. The van der Waals surface area contributed by atoms with E-state index in [1.165, 1.54) is 0 Å². The van der Waals surface area contributed by atoms with Crippen molar-refractivity contribution in [1.82, 2.24) is 44.2 Å². The Morgan fingerprint density at radius 3 is 3.00 bits per heavy atom. The van der Waals surface area contributed by atoms with E-state index in [2.05, 4.69) is 30.2 Å². The van der Waals surface area contributed by atoms with Crippen LogP contribution in [0, 0.1) is 0 Å². The van der Waals surface area contributed by atoms with E-state index in [9.17, 15) is 4.79 Å². The summed E-state index contributed by atoms with van der Waals surface area (Å²) in [5.74, 6) is -0.333. The van der Waals surface area contributed by atoms with Crippen LogP contribution in [0.5, 0.6) is 0 Å². The first-order valence-electron chi connectivity index (χ1n) is 9.87. The summed E-state index contributed by atoms with van der Waals surface area (Å²) in [5.41, 5.74) is 3.65. The number of nitrogens with zero attached hydrogens (tertiary/aromatic N) is 8. The molecule has 0 fully saturated rings. The molecule has 1 unspecified atom stereocenters. The molecule has 0 radical (unpaired) electrons. The van der Waals surface area contributed by atoms with Crippen molar-refractivity contribution in [2.75, 3.05) is 6.54 Å². The minimum Gasteiger partial charge on any atom is -0.411 e. The smallest absolute Gasteiger partial charge is 0.312 e. The van der Waals surface area contributed by atoms with E-state index >= 15 is 0 Å². The average molecular weight is 450 g/mol. The molecule has 0 spiro atoms. The first kappa shape index (κ1) is 18.8. The second-order valence-corrected chi connectivity index (χ2v) is 7.90. The van der Waals surface area contributed by atoms with Gasteiger partial charge in [-0.1, -0.05) is 17.7 Å². The molecule has 0 saturated heterocycles. The Morgan fingerprint density at radius 2 is 2.19 bits per heavy atom. The molecule has 32 heavy (non-hydrogen) atoms. The largest absolute Gasteiger partial charge is 0.411 e. The van der Waals surface area contributed by atoms with Gasteiger partial charge >= 0.3 is 11.8 Å². The molecule has 6 heterocycles. The molecule has 5 aromatic rings. The van der Waals surface area contributed by atoms with Gasteiger partial charge in [-0.05, 0) is 18.2 Å². The molecule has 0 saturated carbocycles. The Bertz CT molecular complexity index is 1460. The van der Waals surface area contributed by atoms with E-state index in [0.29, 0.717) is 29.5 Å². The molecule has 160 valence electrons. The summed E-state index contributed by atoms with van der Waals surface area (Å²) in [6, 6.07) is 6.88. The van der Waals surface area contributed by atoms with Crippen molar-refractivity contribution >= 4 is 23.0 Å². The number of pyridine rings is 1. The normalized spacial score (nSPS) is 15.9. The lowest BCUT2D eigenvalue weighted by molar-refractivity contribution is 0.0646. The number of aryl methyl sites for hydroxylation is 1. The predicted octanol–water partition coefficient (Wildman–Crippen LogP) is 2.28. The summed E-state index contributed by atoms with van der Waals surface area (Å²) >= 11 is 6.30. The van der Waals surface area contributed by atoms with Gasteiger partial charge in [-0.2, -0.15) is 5.10 Å². The number of hydrogen-bond donors (Lipinski definition) is 1. The number of carbonyl (C=O) groups excluding carboxylic acids is 1. The quantitative estimate of drug-likeness (QED) is 0.419. The minimum absolute atomic E-state index is 0.114. The maximum absolute atomic E-state index is 13.5. The molecule has 1 aliphatic rings. The standard InChI is InChI=1S/C20H16ClN9O2/c1-28-8-14(24-10-28)18-25-26-19(32-18)20(31)29-6-5-12-16(23-9-22-12)17(29)13-7-11-3-2-4-15(21)30(11)27-13/h2-4,7-10,17H,5-6H2,1H3,(H,22,23). The molecule has 1 atom stereocenters. The number of H-pyrrole nitrogens is 1. The lowest BCUT2D eigenvalue weighted by Gasteiger charge is -2.32. The highest BCUT2D eigenvalue weighted by Gasteiger charge is 2.38. The molecule has 1 aliphatic heterocycles. The summed E-state index contributed by atoms with van der Waals surface area (Å²) in [6.07, 6.45) is 5.60. The number of halogens is 1. The Balaban J connectivity index is 1.41. The van der Waals surface area contributed by atoms with Gasteiger partial charge in [0.25, 0.3) is 5.89 Å². The first-order valence-corrected chi connectivity index (χ1v) is 10.3. The van der Waals surface area contributed by atoms with Crippen molar-refractivity contribution in [1.29, 1.82) is 0 Å². The van der Waals surface area contributed by atoms with Crippen LogP contribution in [-0.4, -0.2) is 56.7 Å². The Labute approximate surface area is 185 Å². The summed E-state index contributed by atoms with van der Waals surface area (Å²) in [5, 5.41) is 13.1. The minimum atomic E-state index is -0.529. The number of fused-ring (bicyclic) bond motifs is 2. The van der Waals surface area contributed by atoms with Crippen molar-refractivity contribution in [3.8, 4) is 11.6 Å². The van der Waals surface area contributed by atoms with Crippen LogP contribution in [-0.2, 0) is 13.5 Å². The Morgan fingerprint density at radius 1 is 1.28 bits per heavy atom. The molecular formula is C20H16ClN9O2. The zero-order valence-corrected chi connectivity index (χ0v) is 17.6. The summed E-state index contributed by atoms with van der Waals surface area (Å²) in [6.45, 7) is 0.432. The molecule has 0 aliphatic carbocycles. The highest BCUT2D eigenvalue weighted by atomic mass is 35.5. The number of rotatable bonds is 3. The van der Waals surface area contributed by atoms with Crippen molar-refractivity contribution in [3.05, 3.63) is 71.2 Å². The van der Waals surface area contributed by atoms with Crippen LogP contribution < -0.4 is 0 Å². The number of imidazole rings is 2. The van der Waals surface area contributed by atoms with Crippen LogP contribution in [0.3, 0.4) is 0 Å². The topological polar surface area (TPSA) is 123 Å². The molecule has 1 N–H and O–H groups in total. The fraction of sp³-hybridized carbons (Fsp3) is 0.200. The van der Waals surface area contributed by atoms with Crippen molar-refractivity contribution in [2.45, 2.75) is 12.5 Å². The number of amides is 1. The number of aromatic amines is 1. The van der Waals surface area contributed by atoms with Gasteiger partial charge < -0.3 is 18.9 Å². The van der Waals surface area contributed by atoms with E-state index in [4.69, 9.17) is 16.0 Å². The second kappa shape index (κ2) is 7.02. The average Bonchev–Trinajstić information content (AvgIpc) is 3.57. The lowest BCUT2D eigenvalue weighted by Crippen LogP contribution is -2.41. The van der Waals surface area contributed by atoms with Crippen LogP contribution in [0.4, 0.5) is 0 Å². The van der Waals surface area contributed by atoms with Crippen molar-refractivity contribution in [2.24, 2.45) is 7.05 Å². The van der Waals surface area contributed by atoms with Gasteiger partial charge in [0.1, 0.15) is 16.9 Å². The van der Waals surface area contributed by atoms with Gasteiger partial charge in [0, 0.05) is 31.9 Å². The molecular weight excluding hydrogens is 434 g/mol. The molecule has 0 bridgehead atoms. The van der Waals surface area contributed by atoms with Crippen LogP contribution in [0.2, 0.25) is 5.15 Å². The van der Waals surface area contributed by atoms with Gasteiger partial charge in [0.05, 0.1) is 29.6 Å². The third-order valence-corrected chi connectivity index (χ3v) is 5.74. The fourth-order valence-electron chi connectivity index (χ4n) is 3.99. The third-order valence-electron chi connectivity index (χ3n) is 5.46. The first-order chi connectivity index (χ1) is 15.6. The SMILES string of the molecule is Cn1cnc(-c2nnc(C(=O)N3CCc4[nH]cnc4C3c3cc4cccc(Cl)n4n3)o2)c1. The second-order valence-electron chi connectivity index (χ2n) is 7.51. The fourth-order valence-corrected chi connectivity index (χ4v) is 4.20. The van der Waals surface area contributed by atoms with Gasteiger partial charge in [-0.25, -0.2) is 14.5 Å². The third kappa shape index (κ3) is 2.89. The lowest BCUT2D eigenvalue weighted by atomic mass is 9.99. The maximum Gasteiger partial charge on any atom is 0.312 e. The van der Waals surface area contributed by atoms with E-state index in [1.54, 1.807) is 38.9 Å². The molecule has 12 heteroatoms. The van der Waals surface area contributed by atoms with Gasteiger partial charge in [0.15, 0.2) is 0 Å². The molecule has 0 aromatic carbocycles. The monoisotopic (exact) mass is 449 g/mol. The number of nitrogens with one attached hydrogen (secondary N) is 1. The number of hydrogen-bond acceptors (Lipinski definition) is 7. The van der Waals surface area contributed by atoms with Gasteiger partial charge in [0.2, 0.25) is 0 Å².